The largest absolute Gasteiger partial charge is 0.367 e. The predicted octanol–water partition coefficient (Wildman–Crippen LogP) is 2.49. The van der Waals surface area contributed by atoms with E-state index in [0.29, 0.717) is 12.0 Å². The molecule has 4 heteroatoms. The number of nitrogens with zero attached hydrogens (tertiary/aromatic N) is 2. The average Bonchev–Trinajstić information content (AvgIpc) is 2.28. The van der Waals surface area contributed by atoms with Crippen LogP contribution in [0.25, 0.3) is 10.9 Å². The summed E-state index contributed by atoms with van der Waals surface area (Å²) in [4.78, 5) is 8.83. The maximum absolute atomic E-state index is 4.43. The van der Waals surface area contributed by atoms with Gasteiger partial charge in [0.15, 0.2) is 0 Å². The third-order valence-corrected chi connectivity index (χ3v) is 2.25. The zero-order valence-corrected chi connectivity index (χ0v) is 9.78. The number of para-hydroxylation sites is 1. The Morgan fingerprint density at radius 2 is 1.88 bits per heavy atom. The maximum atomic E-state index is 4.43. The van der Waals surface area contributed by atoms with Gasteiger partial charge in [0.2, 0.25) is 5.95 Å². The van der Waals surface area contributed by atoms with E-state index < -0.39 is 0 Å². The smallest absolute Gasteiger partial charge is 0.224 e. The van der Waals surface area contributed by atoms with Gasteiger partial charge < -0.3 is 10.6 Å². The number of nitrogens with one attached hydrogen (secondary N) is 2. The molecule has 0 saturated carbocycles. The van der Waals surface area contributed by atoms with Crippen molar-refractivity contribution < 1.29 is 0 Å². The van der Waals surface area contributed by atoms with E-state index in [2.05, 4.69) is 34.4 Å². The molecule has 1 aromatic carbocycles. The molecule has 0 spiro atoms. The quantitative estimate of drug-likeness (QED) is 0.827. The molecule has 84 valence electrons. The van der Waals surface area contributed by atoms with Gasteiger partial charge in [-0.05, 0) is 26.0 Å². The first-order chi connectivity index (χ1) is 7.70. The molecule has 0 radical (unpaired) electrons. The molecule has 0 saturated heterocycles. The fourth-order valence-corrected chi connectivity index (χ4v) is 1.57. The van der Waals surface area contributed by atoms with Crippen molar-refractivity contribution in [1.29, 1.82) is 0 Å². The van der Waals surface area contributed by atoms with E-state index >= 15 is 0 Å². The lowest BCUT2D eigenvalue weighted by atomic mass is 10.2. The van der Waals surface area contributed by atoms with Crippen LogP contribution in [-0.4, -0.2) is 23.1 Å². The van der Waals surface area contributed by atoms with E-state index in [1.807, 2.05) is 31.3 Å². The molecule has 2 aromatic rings. The minimum absolute atomic E-state index is 0.350. The molecule has 2 rings (SSSR count). The van der Waals surface area contributed by atoms with E-state index in [1.165, 1.54) is 0 Å². The number of aromatic nitrogens is 2. The molecule has 0 atom stereocenters. The summed E-state index contributed by atoms with van der Waals surface area (Å²) in [5.41, 5.74) is 0.949. The van der Waals surface area contributed by atoms with Crippen molar-refractivity contribution in [1.82, 2.24) is 9.97 Å². The molecular formula is C12H16N4. The van der Waals surface area contributed by atoms with Crippen LogP contribution in [0.4, 0.5) is 11.8 Å². The van der Waals surface area contributed by atoms with Crippen molar-refractivity contribution in [3.63, 3.8) is 0 Å². The molecule has 0 fully saturated rings. The number of hydrogen-bond donors (Lipinski definition) is 2. The SMILES string of the molecule is CNc1nc(NC(C)C)c2ccccc2n1. The zero-order valence-electron chi connectivity index (χ0n) is 9.78. The van der Waals surface area contributed by atoms with Crippen molar-refractivity contribution in [2.75, 3.05) is 17.7 Å². The third kappa shape index (κ3) is 2.05. The lowest BCUT2D eigenvalue weighted by Gasteiger charge is -2.12. The topological polar surface area (TPSA) is 49.8 Å². The summed E-state index contributed by atoms with van der Waals surface area (Å²) in [6, 6.07) is 8.34. The van der Waals surface area contributed by atoms with Gasteiger partial charge in [-0.25, -0.2) is 4.98 Å². The van der Waals surface area contributed by atoms with Crippen LogP contribution in [0.1, 0.15) is 13.8 Å². The van der Waals surface area contributed by atoms with Crippen LogP contribution >= 0.6 is 0 Å². The van der Waals surface area contributed by atoms with Gasteiger partial charge in [-0.1, -0.05) is 12.1 Å². The Morgan fingerprint density at radius 3 is 2.56 bits per heavy atom. The van der Waals surface area contributed by atoms with Gasteiger partial charge >= 0.3 is 0 Å². The zero-order chi connectivity index (χ0) is 11.5. The second kappa shape index (κ2) is 4.35. The van der Waals surface area contributed by atoms with Crippen LogP contribution in [0, 0.1) is 0 Å². The van der Waals surface area contributed by atoms with E-state index in [9.17, 15) is 0 Å². The number of fused-ring (bicyclic) bond motifs is 1. The van der Waals surface area contributed by atoms with E-state index in [0.717, 1.165) is 16.7 Å². The molecule has 1 aromatic heterocycles. The first-order valence-electron chi connectivity index (χ1n) is 5.42. The average molecular weight is 216 g/mol. The number of anilines is 2. The summed E-state index contributed by atoms with van der Waals surface area (Å²) >= 11 is 0. The summed E-state index contributed by atoms with van der Waals surface area (Å²) in [5, 5.41) is 7.35. The van der Waals surface area contributed by atoms with Crippen LogP contribution in [0.5, 0.6) is 0 Å². The van der Waals surface area contributed by atoms with Gasteiger partial charge in [0.05, 0.1) is 5.52 Å². The number of rotatable bonds is 3. The predicted molar refractivity (Wildman–Crippen MR) is 67.8 cm³/mol. The molecule has 2 N–H and O–H groups in total. The van der Waals surface area contributed by atoms with Gasteiger partial charge in [0.25, 0.3) is 0 Å². The minimum Gasteiger partial charge on any atom is -0.367 e. The Morgan fingerprint density at radius 1 is 1.12 bits per heavy atom. The number of benzene rings is 1. The van der Waals surface area contributed by atoms with Gasteiger partial charge in [-0.3, -0.25) is 0 Å². The van der Waals surface area contributed by atoms with Gasteiger partial charge in [-0.15, -0.1) is 0 Å². The molecule has 0 aliphatic carbocycles. The van der Waals surface area contributed by atoms with Gasteiger partial charge in [0, 0.05) is 18.5 Å². The van der Waals surface area contributed by atoms with Crippen molar-refractivity contribution in [2.24, 2.45) is 0 Å². The highest BCUT2D eigenvalue weighted by Gasteiger charge is 2.06. The Kier molecular flexibility index (Phi) is 2.90. The summed E-state index contributed by atoms with van der Waals surface area (Å²) < 4.78 is 0. The molecule has 4 nitrogen and oxygen atoms in total. The van der Waals surface area contributed by atoms with Crippen LogP contribution in [0.2, 0.25) is 0 Å². The van der Waals surface area contributed by atoms with Gasteiger partial charge in [-0.2, -0.15) is 4.98 Å². The lowest BCUT2D eigenvalue weighted by molar-refractivity contribution is 0.891. The molecule has 16 heavy (non-hydrogen) atoms. The minimum atomic E-state index is 0.350. The van der Waals surface area contributed by atoms with Crippen molar-refractivity contribution in [2.45, 2.75) is 19.9 Å². The lowest BCUT2D eigenvalue weighted by Crippen LogP contribution is -2.12. The standard InChI is InChI=1S/C12H16N4/c1-8(2)14-11-9-6-4-5-7-10(9)15-12(13-3)16-11/h4-8H,1-3H3,(H2,13,14,15,16). The molecule has 0 bridgehead atoms. The fourth-order valence-electron chi connectivity index (χ4n) is 1.57. The highest BCUT2D eigenvalue weighted by atomic mass is 15.1. The Balaban J connectivity index is 2.59. The monoisotopic (exact) mass is 216 g/mol. The number of hydrogen-bond acceptors (Lipinski definition) is 4. The molecule has 0 amide bonds. The van der Waals surface area contributed by atoms with Crippen LogP contribution < -0.4 is 10.6 Å². The highest BCUT2D eigenvalue weighted by molar-refractivity contribution is 5.90. The summed E-state index contributed by atoms with van der Waals surface area (Å²) in [6.07, 6.45) is 0. The molecule has 0 aliphatic rings. The van der Waals surface area contributed by atoms with Crippen molar-refractivity contribution >= 4 is 22.7 Å². The van der Waals surface area contributed by atoms with Crippen molar-refractivity contribution in [3.05, 3.63) is 24.3 Å². The molecular weight excluding hydrogens is 200 g/mol. The Labute approximate surface area is 95.1 Å². The summed E-state index contributed by atoms with van der Waals surface area (Å²) in [6.45, 7) is 4.19. The summed E-state index contributed by atoms with van der Waals surface area (Å²) in [7, 11) is 1.82. The van der Waals surface area contributed by atoms with E-state index in [-0.39, 0.29) is 0 Å². The molecule has 0 unspecified atom stereocenters. The second-order valence-corrected chi connectivity index (χ2v) is 3.96. The fraction of sp³-hybridized carbons (Fsp3) is 0.333. The first kappa shape index (κ1) is 10.7. The second-order valence-electron chi connectivity index (χ2n) is 3.96. The molecule has 0 aliphatic heterocycles. The third-order valence-electron chi connectivity index (χ3n) is 2.25. The van der Waals surface area contributed by atoms with Crippen molar-refractivity contribution in [3.8, 4) is 0 Å². The van der Waals surface area contributed by atoms with Crippen LogP contribution in [0.15, 0.2) is 24.3 Å². The summed E-state index contributed by atoms with van der Waals surface area (Å²) in [5.74, 6) is 1.52. The Hall–Kier alpha value is -1.84. The maximum Gasteiger partial charge on any atom is 0.224 e. The Bertz CT molecular complexity index is 493. The normalized spacial score (nSPS) is 10.8. The van der Waals surface area contributed by atoms with Gasteiger partial charge in [0.1, 0.15) is 5.82 Å². The van der Waals surface area contributed by atoms with E-state index in [1.54, 1.807) is 0 Å². The first-order valence-corrected chi connectivity index (χ1v) is 5.42. The van der Waals surface area contributed by atoms with Crippen LogP contribution in [0.3, 0.4) is 0 Å². The molecule has 1 heterocycles. The van der Waals surface area contributed by atoms with Crippen LogP contribution in [-0.2, 0) is 0 Å². The highest BCUT2D eigenvalue weighted by Crippen LogP contribution is 2.21. The van der Waals surface area contributed by atoms with E-state index in [4.69, 9.17) is 0 Å².